The molecule has 2 bridgehead atoms. The fraction of sp³-hybridized carbons (Fsp3) is 0.314. The van der Waals surface area contributed by atoms with Crippen molar-refractivity contribution >= 4 is 68.1 Å². The van der Waals surface area contributed by atoms with E-state index in [1.165, 1.54) is 16.2 Å². The van der Waals surface area contributed by atoms with E-state index in [-0.39, 0.29) is 64.0 Å². The molecule has 1 aromatic heterocycles. The number of nitrogens with one attached hydrogen (secondary N) is 2. The molecule has 4 aliphatic rings. The average molecular weight is 733 g/mol. The molecule has 2 saturated carbocycles. The van der Waals surface area contributed by atoms with Gasteiger partial charge in [-0.3, -0.25) is 24.1 Å². The van der Waals surface area contributed by atoms with Crippen molar-refractivity contribution in [3.8, 4) is 11.5 Å². The number of nitrogens with zero attached hydrogens (tertiary/aromatic N) is 1. The highest BCUT2D eigenvalue weighted by Gasteiger charge is 2.69. The molecule has 9 nitrogen and oxygen atoms in total. The minimum Gasteiger partial charge on any atom is -0.490 e. The Labute approximate surface area is 287 Å². The van der Waals surface area contributed by atoms with Crippen molar-refractivity contribution in [3.05, 3.63) is 97.4 Å². The Hall–Kier alpha value is -3.87. The highest BCUT2D eigenvalue weighted by molar-refractivity contribution is 9.10. The number of benzene rings is 3. The van der Waals surface area contributed by atoms with Gasteiger partial charge in [0.15, 0.2) is 18.1 Å². The first-order chi connectivity index (χ1) is 22.8. The number of carbonyl (C=O) groups is 3. The highest BCUT2D eigenvalue weighted by atomic mass is 79.9. The molecule has 2 aliphatic carbocycles. The van der Waals surface area contributed by atoms with E-state index in [9.17, 15) is 19.2 Å². The normalized spacial score (nSPS) is 26.9. The largest absolute Gasteiger partial charge is 0.490 e. The monoisotopic (exact) mass is 731 g/mol. The Morgan fingerprint density at radius 1 is 0.957 bits per heavy atom. The summed E-state index contributed by atoms with van der Waals surface area (Å²) in [6, 6.07) is 22.2. The van der Waals surface area contributed by atoms with Crippen LogP contribution in [0.5, 0.6) is 11.5 Å². The fourth-order valence-electron chi connectivity index (χ4n) is 8.20. The summed E-state index contributed by atoms with van der Waals surface area (Å²) in [6.07, 6.45) is 0.801. The summed E-state index contributed by atoms with van der Waals surface area (Å²) in [4.78, 5) is 58.5. The van der Waals surface area contributed by atoms with Gasteiger partial charge in [0, 0.05) is 26.2 Å². The number of halogens is 1. The van der Waals surface area contributed by atoms with E-state index >= 15 is 0 Å². The Morgan fingerprint density at radius 3 is 2.45 bits per heavy atom. The summed E-state index contributed by atoms with van der Waals surface area (Å²) in [6.45, 7) is 2.08. The summed E-state index contributed by atoms with van der Waals surface area (Å²) in [5, 5.41) is 3.73. The zero-order valence-corrected chi connectivity index (χ0v) is 28.4. The number of hydrogen-bond acceptors (Lipinski definition) is 8. The van der Waals surface area contributed by atoms with Gasteiger partial charge in [0.05, 0.1) is 29.2 Å². The lowest BCUT2D eigenvalue weighted by Gasteiger charge is -2.43. The molecule has 3 aromatic carbocycles. The zero-order valence-electron chi connectivity index (χ0n) is 25.2. The van der Waals surface area contributed by atoms with Crippen molar-refractivity contribution in [2.75, 3.05) is 23.4 Å². The minimum absolute atomic E-state index is 0.0112. The van der Waals surface area contributed by atoms with Gasteiger partial charge in [-0.25, -0.2) is 0 Å². The molecule has 1 saturated heterocycles. The van der Waals surface area contributed by atoms with Gasteiger partial charge in [-0.1, -0.05) is 51.5 Å². The smallest absolute Gasteiger partial charge is 0.305 e. The molecule has 240 valence electrons. The van der Waals surface area contributed by atoms with Gasteiger partial charge in [-0.05, 0) is 85.2 Å². The van der Waals surface area contributed by atoms with Crippen molar-refractivity contribution in [1.29, 1.82) is 0 Å². The van der Waals surface area contributed by atoms with E-state index in [0.717, 1.165) is 26.4 Å². The molecule has 2 aliphatic heterocycles. The molecule has 6 unspecified atom stereocenters. The van der Waals surface area contributed by atoms with Gasteiger partial charge in [0.2, 0.25) is 11.8 Å². The van der Waals surface area contributed by atoms with Crippen LogP contribution in [0.25, 0.3) is 0 Å². The molecule has 0 spiro atoms. The zero-order chi connectivity index (χ0) is 32.4. The Bertz CT molecular complexity index is 1950. The molecule has 3 heterocycles. The molecule has 2 N–H and O–H groups in total. The van der Waals surface area contributed by atoms with E-state index in [1.807, 2.05) is 67.6 Å². The number of ether oxygens (including phenoxy) is 2. The lowest BCUT2D eigenvalue weighted by molar-refractivity contribution is -0.123. The third kappa shape index (κ3) is 5.12. The molecule has 47 heavy (non-hydrogen) atoms. The van der Waals surface area contributed by atoms with Crippen LogP contribution in [-0.4, -0.2) is 41.2 Å². The van der Waals surface area contributed by atoms with Crippen LogP contribution < -0.4 is 24.6 Å². The van der Waals surface area contributed by atoms with E-state index in [2.05, 4.69) is 26.2 Å². The summed E-state index contributed by atoms with van der Waals surface area (Å²) in [7, 11) is 0. The number of hydrogen-bond donors (Lipinski definition) is 2. The van der Waals surface area contributed by atoms with Crippen LogP contribution in [0.3, 0.4) is 0 Å². The number of rotatable bonds is 8. The molecule has 3 fully saturated rings. The van der Waals surface area contributed by atoms with Crippen molar-refractivity contribution in [2.24, 2.45) is 29.6 Å². The predicted molar refractivity (Wildman–Crippen MR) is 183 cm³/mol. The van der Waals surface area contributed by atoms with Gasteiger partial charge < -0.3 is 19.8 Å². The number of imide groups is 1. The Kier molecular flexibility index (Phi) is 7.76. The topological polar surface area (TPSA) is 118 Å². The van der Waals surface area contributed by atoms with Crippen molar-refractivity contribution < 1.29 is 23.9 Å². The van der Waals surface area contributed by atoms with Crippen LogP contribution in [0.2, 0.25) is 0 Å². The second-order valence-corrected chi connectivity index (χ2v) is 15.4. The van der Waals surface area contributed by atoms with Gasteiger partial charge in [-0.2, -0.15) is 0 Å². The number of para-hydroxylation sites is 1. The Balaban J connectivity index is 1.11. The molecule has 8 rings (SSSR count). The summed E-state index contributed by atoms with van der Waals surface area (Å²) >= 11 is 6.31. The second kappa shape index (κ2) is 12.0. The quantitative estimate of drug-likeness (QED) is 0.205. The predicted octanol–water partition coefficient (Wildman–Crippen LogP) is 6.29. The third-order valence-electron chi connectivity index (χ3n) is 9.85. The molecule has 3 amide bonds. The van der Waals surface area contributed by atoms with Crippen LogP contribution in [-0.2, 0) is 14.4 Å². The SMILES string of the molecule is CCOc1cc([C@H]2c3sc(=O)[nH]c3SC3C4CC(C5C(=O)N(c6ccc(Br)cc6)C(=O)C45)C32)ccc1OCC(=O)Nc1ccccc1. The van der Waals surface area contributed by atoms with Crippen LogP contribution in [0.1, 0.15) is 29.7 Å². The number of aromatic amines is 1. The maximum Gasteiger partial charge on any atom is 0.305 e. The molecule has 4 aromatic rings. The number of amides is 3. The first-order valence-electron chi connectivity index (χ1n) is 15.6. The molecule has 12 heteroatoms. The number of thiazole rings is 1. The highest BCUT2D eigenvalue weighted by Crippen LogP contribution is 2.68. The van der Waals surface area contributed by atoms with E-state index in [4.69, 9.17) is 9.47 Å². The number of thioether (sulfide) groups is 1. The second-order valence-electron chi connectivity index (χ2n) is 12.3. The average Bonchev–Trinajstić information content (AvgIpc) is 3.80. The molecular weight excluding hydrogens is 702 g/mol. The summed E-state index contributed by atoms with van der Waals surface area (Å²) in [5.41, 5.74) is 2.23. The number of H-pyrrole nitrogens is 1. The minimum atomic E-state index is -0.394. The van der Waals surface area contributed by atoms with Gasteiger partial charge in [-0.15, -0.1) is 11.8 Å². The first-order valence-corrected chi connectivity index (χ1v) is 18.1. The van der Waals surface area contributed by atoms with Crippen molar-refractivity contribution in [1.82, 2.24) is 4.98 Å². The maximum absolute atomic E-state index is 14.0. The van der Waals surface area contributed by atoms with Crippen LogP contribution in [0.15, 0.2) is 87.1 Å². The summed E-state index contributed by atoms with van der Waals surface area (Å²) in [5.74, 6) is -0.464. The lowest BCUT2D eigenvalue weighted by Crippen LogP contribution is -2.42. The van der Waals surface area contributed by atoms with E-state index < -0.39 is 5.92 Å². The molecular formula is C35H30BrN3O6S2. The number of carbonyl (C=O) groups excluding carboxylic acids is 3. The molecule has 0 radical (unpaired) electrons. The van der Waals surface area contributed by atoms with Crippen molar-refractivity contribution in [3.63, 3.8) is 0 Å². The first kappa shape index (κ1) is 30.5. The number of fused-ring (bicyclic) bond motifs is 9. The van der Waals surface area contributed by atoms with E-state index in [0.29, 0.717) is 29.5 Å². The van der Waals surface area contributed by atoms with Gasteiger partial charge in [0.1, 0.15) is 0 Å². The standard InChI is InChI=1S/C35H30BrN3O6S2/c1-2-44-24-14-17(8-13-23(24)45-16-25(40)37-19-6-4-3-5-7-19)26-27-21-15-22(30(27)46-32-31(26)47-35(43)38-32)29-28(21)33(41)39(34(29)42)20-11-9-18(36)10-12-20/h3-14,21-22,26-30H,2,15-16H2,1H3,(H,37,40)(H,38,43)/t21?,22?,26-,27?,28?,29?,30?/m1/s1. The van der Waals surface area contributed by atoms with Crippen LogP contribution >= 0.6 is 39.0 Å². The lowest BCUT2D eigenvalue weighted by atomic mass is 9.68. The van der Waals surface area contributed by atoms with Gasteiger partial charge >= 0.3 is 4.87 Å². The Morgan fingerprint density at radius 2 is 1.70 bits per heavy atom. The fourth-order valence-corrected chi connectivity index (χ4v) is 11.4. The van der Waals surface area contributed by atoms with E-state index in [1.54, 1.807) is 23.9 Å². The van der Waals surface area contributed by atoms with Crippen LogP contribution in [0.4, 0.5) is 11.4 Å². The van der Waals surface area contributed by atoms with Crippen molar-refractivity contribution in [2.45, 2.75) is 29.5 Å². The van der Waals surface area contributed by atoms with Gasteiger partial charge in [0.25, 0.3) is 5.91 Å². The maximum atomic E-state index is 14.0. The summed E-state index contributed by atoms with van der Waals surface area (Å²) < 4.78 is 12.8. The third-order valence-corrected chi connectivity index (χ3v) is 13.0. The molecule has 7 atom stereocenters. The number of aromatic nitrogens is 1. The van der Waals surface area contributed by atoms with Crippen LogP contribution in [0, 0.1) is 29.6 Å². The number of anilines is 2.